The van der Waals surface area contributed by atoms with Crippen molar-refractivity contribution >= 4 is 17.6 Å². The standard InChI is InChI=1S/C20H25FN2O3/c1-14-18(25)22(2)19(26)20(14)9-12-23(13-10-20)11-3-4-17(24)15-5-7-16(21)8-6-15/h5-8,14H,3-4,9-13H2,1-2H3. The summed E-state index contributed by atoms with van der Waals surface area (Å²) in [7, 11) is 1.57. The number of carbonyl (C=O) groups is 3. The molecule has 1 aromatic carbocycles. The number of ketones is 1. The van der Waals surface area contributed by atoms with Crippen LogP contribution < -0.4 is 0 Å². The minimum Gasteiger partial charge on any atom is -0.303 e. The van der Waals surface area contributed by atoms with E-state index in [1.165, 1.54) is 29.2 Å². The van der Waals surface area contributed by atoms with E-state index in [1.807, 2.05) is 6.92 Å². The quantitative estimate of drug-likeness (QED) is 0.598. The van der Waals surface area contributed by atoms with Crippen LogP contribution in [0.15, 0.2) is 24.3 Å². The Morgan fingerprint density at radius 2 is 1.81 bits per heavy atom. The second-order valence-corrected chi connectivity index (χ2v) is 7.46. The van der Waals surface area contributed by atoms with Gasteiger partial charge in [0.1, 0.15) is 5.82 Å². The highest BCUT2D eigenvalue weighted by Gasteiger charge is 2.56. The molecule has 6 heteroatoms. The lowest BCUT2D eigenvalue weighted by molar-refractivity contribution is -0.141. The number of benzene rings is 1. The molecule has 2 saturated heterocycles. The molecule has 1 spiro atoms. The van der Waals surface area contributed by atoms with Gasteiger partial charge in [-0.3, -0.25) is 19.3 Å². The van der Waals surface area contributed by atoms with Crippen molar-refractivity contribution in [3.8, 4) is 0 Å². The first-order valence-corrected chi connectivity index (χ1v) is 9.18. The molecule has 2 heterocycles. The van der Waals surface area contributed by atoms with Gasteiger partial charge in [0, 0.05) is 19.0 Å². The molecule has 0 N–H and O–H groups in total. The second-order valence-electron chi connectivity index (χ2n) is 7.46. The number of likely N-dealkylation sites (tertiary alicyclic amines) is 2. The van der Waals surface area contributed by atoms with Crippen LogP contribution in [0.1, 0.15) is 43.0 Å². The summed E-state index contributed by atoms with van der Waals surface area (Å²) >= 11 is 0. The minimum atomic E-state index is -0.535. The van der Waals surface area contributed by atoms with Crippen molar-refractivity contribution in [2.24, 2.45) is 11.3 Å². The number of rotatable bonds is 5. The van der Waals surface area contributed by atoms with Crippen molar-refractivity contribution in [2.45, 2.75) is 32.6 Å². The zero-order chi connectivity index (χ0) is 18.9. The van der Waals surface area contributed by atoms with Crippen molar-refractivity contribution < 1.29 is 18.8 Å². The topological polar surface area (TPSA) is 57.7 Å². The fourth-order valence-corrected chi connectivity index (χ4v) is 4.21. The van der Waals surface area contributed by atoms with Gasteiger partial charge < -0.3 is 4.90 Å². The first-order chi connectivity index (χ1) is 12.3. The summed E-state index contributed by atoms with van der Waals surface area (Å²) in [5, 5.41) is 0. The van der Waals surface area contributed by atoms with Gasteiger partial charge in [0.2, 0.25) is 11.8 Å². The fourth-order valence-electron chi connectivity index (χ4n) is 4.21. The minimum absolute atomic E-state index is 0.0188. The normalized spacial score (nSPS) is 23.0. The van der Waals surface area contributed by atoms with Crippen LogP contribution >= 0.6 is 0 Å². The molecular weight excluding hydrogens is 335 g/mol. The van der Waals surface area contributed by atoms with Crippen LogP contribution in [0.3, 0.4) is 0 Å². The van der Waals surface area contributed by atoms with E-state index in [2.05, 4.69) is 4.90 Å². The average Bonchev–Trinajstić information content (AvgIpc) is 2.80. The van der Waals surface area contributed by atoms with Gasteiger partial charge in [-0.2, -0.15) is 0 Å². The predicted molar refractivity (Wildman–Crippen MR) is 95.0 cm³/mol. The third-order valence-corrected chi connectivity index (χ3v) is 6.05. The van der Waals surface area contributed by atoms with Gasteiger partial charge >= 0.3 is 0 Å². The summed E-state index contributed by atoms with van der Waals surface area (Å²) < 4.78 is 12.9. The van der Waals surface area contributed by atoms with Crippen LogP contribution in [0.4, 0.5) is 4.39 Å². The smallest absolute Gasteiger partial charge is 0.236 e. The van der Waals surface area contributed by atoms with E-state index < -0.39 is 5.41 Å². The molecule has 3 rings (SSSR count). The first kappa shape index (κ1) is 18.7. The number of hydrogen-bond acceptors (Lipinski definition) is 4. The Labute approximate surface area is 153 Å². The monoisotopic (exact) mass is 360 g/mol. The van der Waals surface area contributed by atoms with E-state index in [9.17, 15) is 18.8 Å². The van der Waals surface area contributed by atoms with Gasteiger partial charge in [-0.1, -0.05) is 6.92 Å². The van der Waals surface area contributed by atoms with Crippen molar-refractivity contribution in [1.82, 2.24) is 9.80 Å². The Hall–Kier alpha value is -2.08. The van der Waals surface area contributed by atoms with Crippen molar-refractivity contribution in [3.63, 3.8) is 0 Å². The number of imide groups is 1. The zero-order valence-electron chi connectivity index (χ0n) is 15.3. The SMILES string of the molecule is CC1C(=O)N(C)C(=O)C12CCN(CCCC(=O)c1ccc(F)cc1)CC2. The molecule has 1 aromatic rings. The van der Waals surface area contributed by atoms with Gasteiger partial charge in [0.05, 0.1) is 11.3 Å². The van der Waals surface area contributed by atoms with Gasteiger partial charge in [0.15, 0.2) is 5.78 Å². The lowest BCUT2D eigenvalue weighted by Gasteiger charge is -2.39. The molecule has 5 nitrogen and oxygen atoms in total. The lowest BCUT2D eigenvalue weighted by atomic mass is 9.71. The molecule has 2 fully saturated rings. The van der Waals surface area contributed by atoms with E-state index in [0.29, 0.717) is 24.8 Å². The maximum atomic E-state index is 12.9. The molecule has 0 radical (unpaired) electrons. The second kappa shape index (κ2) is 7.27. The summed E-state index contributed by atoms with van der Waals surface area (Å²) in [5.41, 5.74) is 0.00244. The molecule has 1 atom stereocenters. The molecule has 1 unspecified atom stereocenters. The van der Waals surface area contributed by atoms with Crippen LogP contribution in [-0.4, -0.2) is 54.1 Å². The summed E-state index contributed by atoms with van der Waals surface area (Å²) in [6.45, 7) is 4.18. The van der Waals surface area contributed by atoms with E-state index in [0.717, 1.165) is 26.1 Å². The van der Waals surface area contributed by atoms with Crippen molar-refractivity contribution in [2.75, 3.05) is 26.7 Å². The highest BCUT2D eigenvalue weighted by Crippen LogP contribution is 2.45. The fraction of sp³-hybridized carbons (Fsp3) is 0.550. The molecule has 0 aliphatic carbocycles. The van der Waals surface area contributed by atoms with Gasteiger partial charge in [0.25, 0.3) is 0 Å². The molecule has 140 valence electrons. The molecule has 26 heavy (non-hydrogen) atoms. The van der Waals surface area contributed by atoms with Crippen LogP contribution in [0.5, 0.6) is 0 Å². The summed E-state index contributed by atoms with van der Waals surface area (Å²) in [5.74, 6) is -0.689. The maximum Gasteiger partial charge on any atom is 0.236 e. The number of piperidine rings is 1. The van der Waals surface area contributed by atoms with Crippen LogP contribution in [-0.2, 0) is 9.59 Å². The van der Waals surface area contributed by atoms with Gasteiger partial charge in [-0.25, -0.2) is 4.39 Å². The van der Waals surface area contributed by atoms with Gasteiger partial charge in [-0.15, -0.1) is 0 Å². The average molecular weight is 360 g/mol. The zero-order valence-corrected chi connectivity index (χ0v) is 15.3. The Kier molecular flexibility index (Phi) is 5.23. The van der Waals surface area contributed by atoms with Crippen molar-refractivity contribution in [1.29, 1.82) is 0 Å². The molecule has 2 aliphatic rings. The molecule has 2 amide bonds. The van der Waals surface area contributed by atoms with Crippen LogP contribution in [0, 0.1) is 17.2 Å². The van der Waals surface area contributed by atoms with Crippen molar-refractivity contribution in [3.05, 3.63) is 35.6 Å². The molecule has 2 aliphatic heterocycles. The summed E-state index contributed by atoms with van der Waals surface area (Å²) in [4.78, 5) is 40.3. The van der Waals surface area contributed by atoms with Gasteiger partial charge in [-0.05, 0) is 63.2 Å². The van der Waals surface area contributed by atoms with E-state index in [-0.39, 0.29) is 29.3 Å². The summed E-state index contributed by atoms with van der Waals surface area (Å²) in [6, 6.07) is 5.64. The number of Topliss-reactive ketones (excluding diaryl/α,β-unsaturated/α-hetero) is 1. The first-order valence-electron chi connectivity index (χ1n) is 9.18. The van der Waals surface area contributed by atoms with Crippen LogP contribution in [0.25, 0.3) is 0 Å². The Morgan fingerprint density at radius 1 is 1.19 bits per heavy atom. The maximum absolute atomic E-state index is 12.9. The third-order valence-electron chi connectivity index (χ3n) is 6.05. The molecule has 0 saturated carbocycles. The Bertz CT molecular complexity index is 708. The number of halogens is 1. The predicted octanol–water partition coefficient (Wildman–Crippen LogP) is 2.51. The number of hydrogen-bond donors (Lipinski definition) is 0. The van der Waals surface area contributed by atoms with E-state index in [1.54, 1.807) is 7.05 Å². The molecule has 0 bridgehead atoms. The highest BCUT2D eigenvalue weighted by molar-refractivity contribution is 6.07. The number of nitrogens with zero attached hydrogens (tertiary/aromatic N) is 2. The third kappa shape index (κ3) is 3.30. The Balaban J connectivity index is 1.47. The molecule has 0 aromatic heterocycles. The Morgan fingerprint density at radius 3 is 2.35 bits per heavy atom. The van der Waals surface area contributed by atoms with E-state index >= 15 is 0 Å². The number of carbonyl (C=O) groups excluding carboxylic acids is 3. The van der Waals surface area contributed by atoms with Crippen LogP contribution in [0.2, 0.25) is 0 Å². The molecular formula is C20H25FN2O3. The highest BCUT2D eigenvalue weighted by atomic mass is 19.1. The number of amides is 2. The largest absolute Gasteiger partial charge is 0.303 e. The van der Waals surface area contributed by atoms with E-state index in [4.69, 9.17) is 0 Å². The summed E-state index contributed by atoms with van der Waals surface area (Å²) in [6.07, 6.45) is 2.53. The lowest BCUT2D eigenvalue weighted by Crippen LogP contribution is -2.46.